The lowest BCUT2D eigenvalue weighted by molar-refractivity contribution is -0.144. The van der Waals surface area contributed by atoms with Crippen molar-refractivity contribution in [2.75, 3.05) is 19.0 Å². The Morgan fingerprint density at radius 1 is 1.53 bits per heavy atom. The largest absolute Gasteiger partial charge is 0.479 e. The van der Waals surface area contributed by atoms with Crippen molar-refractivity contribution in [3.63, 3.8) is 0 Å². The number of hydrogen-bond donors (Lipinski definition) is 2. The molecule has 0 spiro atoms. The maximum atomic E-state index is 11.4. The number of carbonyl (C=O) groups is 1. The first kappa shape index (κ1) is 13.8. The maximum absolute atomic E-state index is 11.4. The molecule has 1 atom stereocenters. The standard InChI is InChI=1S/C12H16ClNO3/c1-3-12(8-17-2,11(15)16)14-10-7-5-4-6-9(10)13/h4-7,14H,3,8H2,1-2H3,(H,15,16). The Morgan fingerprint density at radius 3 is 2.65 bits per heavy atom. The van der Waals surface area contributed by atoms with Crippen LogP contribution >= 0.6 is 11.6 Å². The molecule has 2 N–H and O–H groups in total. The number of hydrogen-bond acceptors (Lipinski definition) is 3. The fraction of sp³-hybridized carbons (Fsp3) is 0.417. The molecule has 5 heteroatoms. The van der Waals surface area contributed by atoms with Crippen LogP contribution in [0.3, 0.4) is 0 Å². The minimum atomic E-state index is -1.15. The molecule has 0 aliphatic heterocycles. The third-order valence-electron chi connectivity index (χ3n) is 2.65. The molecule has 0 aromatic heterocycles. The first-order valence-electron chi connectivity index (χ1n) is 5.31. The van der Waals surface area contributed by atoms with Crippen LogP contribution in [0.2, 0.25) is 5.02 Å². The van der Waals surface area contributed by atoms with E-state index >= 15 is 0 Å². The van der Waals surface area contributed by atoms with Gasteiger partial charge in [-0.05, 0) is 18.6 Å². The quantitative estimate of drug-likeness (QED) is 0.823. The van der Waals surface area contributed by atoms with Crippen LogP contribution in [0.15, 0.2) is 24.3 Å². The fourth-order valence-electron chi connectivity index (χ4n) is 1.56. The number of aliphatic carboxylic acids is 1. The molecule has 0 aliphatic rings. The number of carboxylic acids is 1. The number of benzene rings is 1. The van der Waals surface area contributed by atoms with Crippen LogP contribution < -0.4 is 5.32 Å². The van der Waals surface area contributed by atoms with Gasteiger partial charge in [-0.1, -0.05) is 30.7 Å². The molecule has 0 bridgehead atoms. The molecular formula is C12H16ClNO3. The molecule has 0 saturated carbocycles. The van der Waals surface area contributed by atoms with E-state index in [1.165, 1.54) is 7.11 Å². The van der Waals surface area contributed by atoms with Crippen molar-refractivity contribution in [2.45, 2.75) is 18.9 Å². The van der Waals surface area contributed by atoms with Crippen LogP contribution in [0, 0.1) is 0 Å². The molecule has 1 unspecified atom stereocenters. The van der Waals surface area contributed by atoms with Gasteiger partial charge in [-0.2, -0.15) is 0 Å². The van der Waals surface area contributed by atoms with Gasteiger partial charge in [-0.25, -0.2) is 4.79 Å². The van der Waals surface area contributed by atoms with E-state index in [1.807, 2.05) is 0 Å². The van der Waals surface area contributed by atoms with Gasteiger partial charge in [-0.15, -0.1) is 0 Å². The van der Waals surface area contributed by atoms with Crippen molar-refractivity contribution in [1.29, 1.82) is 0 Å². The van der Waals surface area contributed by atoms with Gasteiger partial charge in [0, 0.05) is 7.11 Å². The van der Waals surface area contributed by atoms with E-state index in [4.69, 9.17) is 16.3 Å². The van der Waals surface area contributed by atoms with E-state index in [9.17, 15) is 9.90 Å². The Morgan fingerprint density at radius 2 is 2.18 bits per heavy atom. The third-order valence-corrected chi connectivity index (χ3v) is 2.98. The lowest BCUT2D eigenvalue weighted by Gasteiger charge is -2.30. The van der Waals surface area contributed by atoms with E-state index in [-0.39, 0.29) is 6.61 Å². The zero-order valence-electron chi connectivity index (χ0n) is 9.87. The number of methoxy groups -OCH3 is 1. The zero-order chi connectivity index (χ0) is 12.9. The van der Waals surface area contributed by atoms with Gasteiger partial charge >= 0.3 is 5.97 Å². The minimum absolute atomic E-state index is 0.0735. The van der Waals surface area contributed by atoms with E-state index in [0.29, 0.717) is 17.1 Å². The number of para-hydroxylation sites is 1. The number of anilines is 1. The highest BCUT2D eigenvalue weighted by atomic mass is 35.5. The predicted molar refractivity (Wildman–Crippen MR) is 67.6 cm³/mol. The molecule has 17 heavy (non-hydrogen) atoms. The molecule has 1 aromatic carbocycles. The molecule has 4 nitrogen and oxygen atoms in total. The van der Waals surface area contributed by atoms with Crippen LogP contribution in [0.4, 0.5) is 5.69 Å². The summed E-state index contributed by atoms with van der Waals surface area (Å²) in [5.74, 6) is -0.957. The maximum Gasteiger partial charge on any atom is 0.331 e. The van der Waals surface area contributed by atoms with Crippen molar-refractivity contribution in [2.24, 2.45) is 0 Å². The SMILES string of the molecule is CCC(COC)(Nc1ccccc1Cl)C(=O)O. The summed E-state index contributed by atoms with van der Waals surface area (Å²) in [4.78, 5) is 11.4. The van der Waals surface area contributed by atoms with Crippen LogP contribution in [0.1, 0.15) is 13.3 Å². The second-order valence-electron chi connectivity index (χ2n) is 3.78. The average Bonchev–Trinajstić information content (AvgIpc) is 2.31. The monoisotopic (exact) mass is 257 g/mol. The van der Waals surface area contributed by atoms with Gasteiger partial charge in [0.15, 0.2) is 5.54 Å². The van der Waals surface area contributed by atoms with Crippen molar-refractivity contribution >= 4 is 23.3 Å². The number of ether oxygens (including phenoxy) is 1. The molecular weight excluding hydrogens is 242 g/mol. The smallest absolute Gasteiger partial charge is 0.331 e. The highest BCUT2D eigenvalue weighted by Gasteiger charge is 2.37. The Labute approximate surface area is 106 Å². The fourth-order valence-corrected chi connectivity index (χ4v) is 1.74. The summed E-state index contributed by atoms with van der Waals surface area (Å²) < 4.78 is 4.99. The van der Waals surface area contributed by atoms with Gasteiger partial charge in [0.05, 0.1) is 17.3 Å². The second-order valence-corrected chi connectivity index (χ2v) is 4.19. The highest BCUT2D eigenvalue weighted by molar-refractivity contribution is 6.33. The summed E-state index contributed by atoms with van der Waals surface area (Å²) in [5.41, 5.74) is -0.560. The summed E-state index contributed by atoms with van der Waals surface area (Å²) in [5, 5.41) is 12.8. The summed E-state index contributed by atoms with van der Waals surface area (Å²) in [6, 6.07) is 7.03. The first-order chi connectivity index (χ1) is 8.05. The Bertz CT molecular complexity index is 397. The van der Waals surface area contributed by atoms with Crippen LogP contribution in [-0.4, -0.2) is 30.3 Å². The molecule has 1 aromatic rings. The molecule has 1 rings (SSSR count). The zero-order valence-corrected chi connectivity index (χ0v) is 10.6. The second kappa shape index (κ2) is 5.89. The van der Waals surface area contributed by atoms with Crippen molar-refractivity contribution in [3.8, 4) is 0 Å². The molecule has 94 valence electrons. The molecule has 0 fully saturated rings. The number of nitrogens with one attached hydrogen (secondary N) is 1. The van der Waals surface area contributed by atoms with Gasteiger partial charge in [-0.3, -0.25) is 0 Å². The average molecular weight is 258 g/mol. The normalized spacial score (nSPS) is 14.1. The van der Waals surface area contributed by atoms with Crippen LogP contribution in [-0.2, 0) is 9.53 Å². The van der Waals surface area contributed by atoms with Gasteiger partial charge in [0.2, 0.25) is 0 Å². The number of halogens is 1. The molecule has 0 saturated heterocycles. The van der Waals surface area contributed by atoms with Crippen molar-refractivity contribution in [3.05, 3.63) is 29.3 Å². The van der Waals surface area contributed by atoms with E-state index in [1.54, 1.807) is 31.2 Å². The molecule has 0 aliphatic carbocycles. The number of rotatable bonds is 6. The van der Waals surface area contributed by atoms with Crippen molar-refractivity contribution < 1.29 is 14.6 Å². The highest BCUT2D eigenvalue weighted by Crippen LogP contribution is 2.26. The Kier molecular flexibility index (Phi) is 4.78. The van der Waals surface area contributed by atoms with E-state index in [2.05, 4.69) is 5.32 Å². The lowest BCUT2D eigenvalue weighted by atomic mass is 9.97. The lowest BCUT2D eigenvalue weighted by Crippen LogP contribution is -2.49. The topological polar surface area (TPSA) is 58.6 Å². The van der Waals surface area contributed by atoms with Gasteiger partial charge in [0.1, 0.15) is 0 Å². The van der Waals surface area contributed by atoms with E-state index < -0.39 is 11.5 Å². The van der Waals surface area contributed by atoms with Crippen molar-refractivity contribution in [1.82, 2.24) is 0 Å². The van der Waals surface area contributed by atoms with Gasteiger partial charge < -0.3 is 15.2 Å². The van der Waals surface area contributed by atoms with Crippen LogP contribution in [0.25, 0.3) is 0 Å². The van der Waals surface area contributed by atoms with E-state index in [0.717, 1.165) is 0 Å². The Hall–Kier alpha value is -1.26. The summed E-state index contributed by atoms with van der Waals surface area (Å²) in [6.07, 6.45) is 0.390. The number of carboxylic acid groups (broad SMARTS) is 1. The minimum Gasteiger partial charge on any atom is -0.479 e. The Balaban J connectivity index is 3.01. The van der Waals surface area contributed by atoms with Gasteiger partial charge in [0.25, 0.3) is 0 Å². The van der Waals surface area contributed by atoms with Crippen LogP contribution in [0.5, 0.6) is 0 Å². The summed E-state index contributed by atoms with van der Waals surface area (Å²) in [6.45, 7) is 1.86. The first-order valence-corrected chi connectivity index (χ1v) is 5.68. The molecule has 0 radical (unpaired) electrons. The third kappa shape index (κ3) is 3.11. The summed E-state index contributed by atoms with van der Waals surface area (Å²) in [7, 11) is 1.47. The molecule has 0 heterocycles. The predicted octanol–water partition coefficient (Wildman–Crippen LogP) is 2.63. The molecule has 0 amide bonds. The summed E-state index contributed by atoms with van der Waals surface area (Å²) >= 11 is 6.00.